The maximum atomic E-state index is 10.7. The quantitative estimate of drug-likeness (QED) is 0.772. The zero-order valence-electron chi connectivity index (χ0n) is 10.5. The van der Waals surface area contributed by atoms with Crippen LogP contribution in [0, 0.1) is 5.92 Å². The number of carbonyl (C=O) groups is 1. The Hall–Kier alpha value is -1.43. The maximum absolute atomic E-state index is 10.7. The molecule has 1 atom stereocenters. The molecule has 1 aromatic heterocycles. The van der Waals surface area contributed by atoms with Crippen LogP contribution in [0.4, 0.5) is 0 Å². The third-order valence-corrected chi connectivity index (χ3v) is 2.40. The van der Waals surface area contributed by atoms with E-state index >= 15 is 0 Å². The average Bonchev–Trinajstić information content (AvgIpc) is 2.65. The van der Waals surface area contributed by atoms with Gasteiger partial charge < -0.3 is 9.63 Å². The number of carboxylic acids is 1. The van der Waals surface area contributed by atoms with Gasteiger partial charge in [0, 0.05) is 13.0 Å². The largest absolute Gasteiger partial charge is 0.481 e. The molecule has 1 aromatic rings. The lowest BCUT2D eigenvalue weighted by molar-refractivity contribution is -0.141. The molecule has 1 N–H and O–H groups in total. The van der Waals surface area contributed by atoms with Gasteiger partial charge in [-0.1, -0.05) is 19.0 Å². The van der Waals surface area contributed by atoms with Crippen molar-refractivity contribution in [2.45, 2.75) is 33.2 Å². The third kappa shape index (κ3) is 4.52. The first-order valence-electron chi connectivity index (χ1n) is 5.75. The molecule has 6 heteroatoms. The second-order valence-electron chi connectivity index (χ2n) is 4.29. The number of aliphatic carboxylic acids is 1. The molecule has 96 valence electrons. The van der Waals surface area contributed by atoms with E-state index < -0.39 is 11.9 Å². The number of nitrogens with zero attached hydrogens (tertiary/aromatic N) is 3. The first-order chi connectivity index (χ1) is 8.02. The van der Waals surface area contributed by atoms with Crippen molar-refractivity contribution < 1.29 is 14.4 Å². The van der Waals surface area contributed by atoms with Crippen LogP contribution in [-0.4, -0.2) is 39.7 Å². The Balaban J connectivity index is 2.44. The van der Waals surface area contributed by atoms with Crippen molar-refractivity contribution in [2.75, 3.05) is 13.6 Å². The monoisotopic (exact) mass is 241 g/mol. The van der Waals surface area contributed by atoms with Gasteiger partial charge in [-0.05, 0) is 13.5 Å². The van der Waals surface area contributed by atoms with Crippen LogP contribution in [0.1, 0.15) is 32.0 Å². The molecule has 0 aliphatic carbocycles. The molecule has 0 saturated carbocycles. The van der Waals surface area contributed by atoms with E-state index in [1.807, 2.05) is 11.9 Å². The van der Waals surface area contributed by atoms with Crippen LogP contribution < -0.4 is 0 Å². The minimum Gasteiger partial charge on any atom is -0.481 e. The Morgan fingerprint density at radius 2 is 2.29 bits per heavy atom. The highest BCUT2D eigenvalue weighted by Gasteiger charge is 2.15. The van der Waals surface area contributed by atoms with Crippen LogP contribution in [0.5, 0.6) is 0 Å². The van der Waals surface area contributed by atoms with E-state index in [1.54, 1.807) is 6.92 Å². The first-order valence-corrected chi connectivity index (χ1v) is 5.75. The van der Waals surface area contributed by atoms with Gasteiger partial charge in [0.25, 0.3) is 0 Å². The Morgan fingerprint density at radius 1 is 1.59 bits per heavy atom. The molecule has 1 rings (SSSR count). The van der Waals surface area contributed by atoms with Gasteiger partial charge in [0.2, 0.25) is 5.89 Å². The number of carboxylic acid groups (broad SMARTS) is 1. The van der Waals surface area contributed by atoms with Crippen molar-refractivity contribution in [2.24, 2.45) is 5.92 Å². The smallest absolute Gasteiger partial charge is 0.307 e. The second kappa shape index (κ2) is 6.34. The summed E-state index contributed by atoms with van der Waals surface area (Å²) >= 11 is 0. The van der Waals surface area contributed by atoms with E-state index in [9.17, 15) is 4.79 Å². The number of rotatable bonds is 7. The minimum atomic E-state index is -0.797. The summed E-state index contributed by atoms with van der Waals surface area (Å²) in [7, 11) is 1.84. The van der Waals surface area contributed by atoms with Crippen molar-refractivity contribution in [3.8, 4) is 0 Å². The fourth-order valence-corrected chi connectivity index (χ4v) is 1.52. The normalized spacial score (nSPS) is 12.9. The summed E-state index contributed by atoms with van der Waals surface area (Å²) in [4.78, 5) is 16.8. The van der Waals surface area contributed by atoms with E-state index in [-0.39, 0.29) is 0 Å². The van der Waals surface area contributed by atoms with Crippen molar-refractivity contribution in [3.05, 3.63) is 11.7 Å². The van der Waals surface area contributed by atoms with Crippen LogP contribution in [0.2, 0.25) is 0 Å². The molecular weight excluding hydrogens is 222 g/mol. The van der Waals surface area contributed by atoms with E-state index in [2.05, 4.69) is 17.1 Å². The fraction of sp³-hybridized carbons (Fsp3) is 0.727. The van der Waals surface area contributed by atoms with Gasteiger partial charge in [-0.2, -0.15) is 4.98 Å². The molecular formula is C11H19N3O3. The lowest BCUT2D eigenvalue weighted by Gasteiger charge is -2.16. The van der Waals surface area contributed by atoms with Crippen LogP contribution in [-0.2, 0) is 17.8 Å². The Bertz CT molecular complexity index is 365. The molecule has 6 nitrogen and oxygen atoms in total. The van der Waals surface area contributed by atoms with E-state index in [0.29, 0.717) is 24.8 Å². The Labute approximate surface area is 101 Å². The molecule has 0 aliphatic heterocycles. The van der Waals surface area contributed by atoms with Gasteiger partial charge in [-0.15, -0.1) is 0 Å². The molecule has 0 saturated heterocycles. The zero-order valence-corrected chi connectivity index (χ0v) is 10.5. The zero-order chi connectivity index (χ0) is 12.8. The van der Waals surface area contributed by atoms with Crippen LogP contribution in [0.3, 0.4) is 0 Å². The maximum Gasteiger partial charge on any atom is 0.307 e. The molecule has 0 amide bonds. The summed E-state index contributed by atoms with van der Waals surface area (Å²) in [5.41, 5.74) is 0. The molecule has 0 aliphatic rings. The minimum absolute atomic E-state index is 0.405. The van der Waals surface area contributed by atoms with Crippen LogP contribution in [0.25, 0.3) is 0 Å². The van der Waals surface area contributed by atoms with Crippen molar-refractivity contribution >= 4 is 5.97 Å². The molecule has 17 heavy (non-hydrogen) atoms. The molecule has 0 bridgehead atoms. The van der Waals surface area contributed by atoms with Crippen LogP contribution in [0.15, 0.2) is 4.52 Å². The number of aryl methyl sites for hydroxylation is 1. The number of aromatic nitrogens is 2. The molecule has 0 aromatic carbocycles. The average molecular weight is 241 g/mol. The molecule has 1 unspecified atom stereocenters. The van der Waals surface area contributed by atoms with Crippen molar-refractivity contribution in [1.29, 1.82) is 0 Å². The lowest BCUT2D eigenvalue weighted by atomic mass is 10.2. The van der Waals surface area contributed by atoms with Gasteiger partial charge in [0.15, 0.2) is 5.82 Å². The van der Waals surface area contributed by atoms with E-state index in [1.165, 1.54) is 0 Å². The lowest BCUT2D eigenvalue weighted by Crippen LogP contribution is -2.28. The third-order valence-electron chi connectivity index (χ3n) is 2.40. The molecule has 1 heterocycles. The summed E-state index contributed by atoms with van der Waals surface area (Å²) in [5.74, 6) is 0.0443. The van der Waals surface area contributed by atoms with Crippen molar-refractivity contribution in [3.63, 3.8) is 0 Å². The number of hydrogen-bond donors (Lipinski definition) is 1. The summed E-state index contributed by atoms with van der Waals surface area (Å²) in [6, 6.07) is 0. The Kier molecular flexibility index (Phi) is 5.09. The summed E-state index contributed by atoms with van der Waals surface area (Å²) in [5, 5.41) is 12.6. The SMILES string of the molecule is CCCc1noc(CN(C)CC(C)C(=O)O)n1. The standard InChI is InChI=1S/C11H19N3O3/c1-4-5-9-12-10(17-13-9)7-14(3)6-8(2)11(15)16/h8H,4-7H2,1-3H3,(H,15,16). The second-order valence-corrected chi connectivity index (χ2v) is 4.29. The molecule has 0 spiro atoms. The number of hydrogen-bond acceptors (Lipinski definition) is 5. The summed E-state index contributed by atoms with van der Waals surface area (Å²) in [6.07, 6.45) is 1.78. The van der Waals surface area contributed by atoms with Crippen molar-refractivity contribution in [1.82, 2.24) is 15.0 Å². The topological polar surface area (TPSA) is 79.5 Å². The Morgan fingerprint density at radius 3 is 2.88 bits per heavy atom. The highest BCUT2D eigenvalue weighted by molar-refractivity contribution is 5.69. The van der Waals surface area contributed by atoms with Crippen LogP contribution >= 0.6 is 0 Å². The predicted octanol–water partition coefficient (Wildman–Crippen LogP) is 1.17. The molecule has 0 radical (unpaired) electrons. The van der Waals surface area contributed by atoms with E-state index in [0.717, 1.165) is 12.8 Å². The van der Waals surface area contributed by atoms with Gasteiger partial charge in [-0.3, -0.25) is 9.69 Å². The van der Waals surface area contributed by atoms with Gasteiger partial charge in [0.1, 0.15) is 0 Å². The predicted molar refractivity (Wildman–Crippen MR) is 61.4 cm³/mol. The fourth-order valence-electron chi connectivity index (χ4n) is 1.52. The highest BCUT2D eigenvalue weighted by Crippen LogP contribution is 2.05. The first kappa shape index (κ1) is 13.6. The molecule has 0 fully saturated rings. The van der Waals surface area contributed by atoms with E-state index in [4.69, 9.17) is 9.63 Å². The highest BCUT2D eigenvalue weighted by atomic mass is 16.5. The van der Waals surface area contributed by atoms with Gasteiger partial charge in [-0.25, -0.2) is 0 Å². The summed E-state index contributed by atoms with van der Waals surface area (Å²) < 4.78 is 5.08. The van der Waals surface area contributed by atoms with Gasteiger partial charge in [0.05, 0.1) is 12.5 Å². The summed E-state index contributed by atoms with van der Waals surface area (Å²) in [6.45, 7) is 4.67. The van der Waals surface area contributed by atoms with Gasteiger partial charge >= 0.3 is 5.97 Å².